The summed E-state index contributed by atoms with van der Waals surface area (Å²) in [5.41, 5.74) is 4.07. The summed E-state index contributed by atoms with van der Waals surface area (Å²) in [6, 6.07) is 12.4. The van der Waals surface area contributed by atoms with Crippen molar-refractivity contribution in [1.82, 2.24) is 0 Å². The molecule has 0 fully saturated rings. The number of benzene rings is 2. The van der Waals surface area contributed by atoms with Crippen LogP contribution in [0.5, 0.6) is 0 Å². The molecule has 1 unspecified atom stereocenters. The molecule has 0 spiro atoms. The average molecular weight is 371 g/mol. The highest BCUT2D eigenvalue weighted by molar-refractivity contribution is 6.32. The molecule has 0 aliphatic carbocycles. The lowest BCUT2D eigenvalue weighted by Crippen LogP contribution is -2.24. The zero-order valence-electron chi connectivity index (χ0n) is 15.5. The molecule has 0 aliphatic heterocycles. The standard InChI is InChI=1S/C23H24ClFO/c1-5-20(13-19-12-11-16(2)22(24)17(19)3)23(4,15-21(25)26)14-18-9-7-6-8-10-18/h5-13H,1,14-15H2,2-4H3/b20-13+. The van der Waals surface area contributed by atoms with E-state index in [2.05, 4.69) is 6.58 Å². The largest absolute Gasteiger partial charge is 0.302 e. The lowest BCUT2D eigenvalue weighted by atomic mass is 9.73. The van der Waals surface area contributed by atoms with Crippen LogP contribution < -0.4 is 0 Å². The minimum atomic E-state index is -1.32. The summed E-state index contributed by atoms with van der Waals surface area (Å²) >= 11 is 6.37. The first-order valence-corrected chi connectivity index (χ1v) is 8.97. The first kappa shape index (κ1) is 20.1. The molecule has 2 aromatic carbocycles. The lowest BCUT2D eigenvalue weighted by molar-refractivity contribution is -0.131. The maximum atomic E-state index is 13.4. The minimum absolute atomic E-state index is 0.196. The van der Waals surface area contributed by atoms with Crippen LogP contribution in [-0.4, -0.2) is 6.04 Å². The number of halogens is 2. The molecule has 1 nitrogen and oxygen atoms in total. The summed E-state index contributed by atoms with van der Waals surface area (Å²) < 4.78 is 13.4. The fourth-order valence-electron chi connectivity index (χ4n) is 3.26. The van der Waals surface area contributed by atoms with Gasteiger partial charge in [0.15, 0.2) is 0 Å². The van der Waals surface area contributed by atoms with Crippen molar-refractivity contribution in [3.63, 3.8) is 0 Å². The van der Waals surface area contributed by atoms with Crippen molar-refractivity contribution in [2.45, 2.75) is 33.6 Å². The monoisotopic (exact) mass is 370 g/mol. The van der Waals surface area contributed by atoms with Crippen LogP contribution in [0.3, 0.4) is 0 Å². The van der Waals surface area contributed by atoms with Gasteiger partial charge < -0.3 is 0 Å². The predicted octanol–water partition coefficient (Wildman–Crippen LogP) is 6.66. The Hall–Kier alpha value is -2.19. The van der Waals surface area contributed by atoms with E-state index < -0.39 is 11.5 Å². The van der Waals surface area contributed by atoms with Crippen molar-refractivity contribution in [2.24, 2.45) is 5.41 Å². The van der Waals surface area contributed by atoms with Gasteiger partial charge in [0.25, 0.3) is 0 Å². The van der Waals surface area contributed by atoms with Gasteiger partial charge in [-0.1, -0.05) is 79.7 Å². The molecule has 0 saturated carbocycles. The summed E-state index contributed by atoms with van der Waals surface area (Å²) in [4.78, 5) is 11.3. The van der Waals surface area contributed by atoms with Gasteiger partial charge in [0.1, 0.15) is 0 Å². The van der Waals surface area contributed by atoms with Gasteiger partial charge in [0.2, 0.25) is 0 Å². The Bertz CT molecular complexity index is 839. The van der Waals surface area contributed by atoms with Crippen molar-refractivity contribution in [3.8, 4) is 0 Å². The summed E-state index contributed by atoms with van der Waals surface area (Å²) in [6.07, 6.45) is 4.01. The van der Waals surface area contributed by atoms with E-state index >= 15 is 0 Å². The first-order valence-electron chi connectivity index (χ1n) is 8.59. The highest BCUT2D eigenvalue weighted by Crippen LogP contribution is 2.38. The molecule has 0 N–H and O–H groups in total. The summed E-state index contributed by atoms with van der Waals surface area (Å²) in [7, 11) is 0. The summed E-state index contributed by atoms with van der Waals surface area (Å²) in [6.45, 7) is 9.72. The van der Waals surface area contributed by atoms with Gasteiger partial charge in [0.05, 0.1) is 0 Å². The third-order valence-electron chi connectivity index (χ3n) is 4.82. The topological polar surface area (TPSA) is 17.1 Å². The molecule has 0 amide bonds. The number of rotatable bonds is 7. The Morgan fingerprint density at radius 1 is 1.19 bits per heavy atom. The normalized spacial score (nSPS) is 14.0. The highest BCUT2D eigenvalue weighted by Gasteiger charge is 2.31. The quantitative estimate of drug-likeness (QED) is 0.393. The van der Waals surface area contributed by atoms with Crippen LogP contribution in [-0.2, 0) is 11.2 Å². The van der Waals surface area contributed by atoms with Crippen LogP contribution >= 0.6 is 11.6 Å². The molecule has 0 saturated heterocycles. The summed E-state index contributed by atoms with van der Waals surface area (Å²) in [5, 5.41) is 0.716. The van der Waals surface area contributed by atoms with Crippen LogP contribution in [0.25, 0.3) is 6.08 Å². The zero-order chi connectivity index (χ0) is 19.3. The lowest BCUT2D eigenvalue weighted by Gasteiger charge is -2.30. The van der Waals surface area contributed by atoms with E-state index in [9.17, 15) is 9.18 Å². The molecule has 1 atom stereocenters. The SMILES string of the molecule is C=C/C(=C\c1ccc(C)c(Cl)c1C)C(C)(CC(=O)F)Cc1ccccc1. The molecule has 0 aliphatic rings. The smallest absolute Gasteiger partial charge is 0.261 e. The van der Waals surface area contributed by atoms with Gasteiger partial charge in [-0.2, -0.15) is 4.39 Å². The van der Waals surface area contributed by atoms with Crippen LogP contribution in [0.15, 0.2) is 60.7 Å². The van der Waals surface area contributed by atoms with Crippen LogP contribution in [0.2, 0.25) is 5.02 Å². The number of aryl methyl sites for hydroxylation is 1. The van der Waals surface area contributed by atoms with Gasteiger partial charge >= 0.3 is 6.04 Å². The fourth-order valence-corrected chi connectivity index (χ4v) is 3.43. The van der Waals surface area contributed by atoms with E-state index in [1.807, 2.05) is 69.3 Å². The Kier molecular flexibility index (Phi) is 6.55. The van der Waals surface area contributed by atoms with Crippen molar-refractivity contribution in [1.29, 1.82) is 0 Å². The second kappa shape index (κ2) is 8.46. The van der Waals surface area contributed by atoms with Gasteiger partial charge in [0, 0.05) is 16.9 Å². The van der Waals surface area contributed by atoms with E-state index in [1.165, 1.54) is 0 Å². The minimum Gasteiger partial charge on any atom is -0.261 e. The van der Waals surface area contributed by atoms with Gasteiger partial charge in [-0.3, -0.25) is 4.79 Å². The van der Waals surface area contributed by atoms with Crippen molar-refractivity contribution in [2.75, 3.05) is 0 Å². The van der Waals surface area contributed by atoms with E-state index in [4.69, 9.17) is 11.6 Å². The third kappa shape index (κ3) is 4.70. The fraction of sp³-hybridized carbons (Fsp3) is 0.261. The Morgan fingerprint density at radius 3 is 2.42 bits per heavy atom. The molecule has 0 radical (unpaired) electrons. The highest BCUT2D eigenvalue weighted by atomic mass is 35.5. The number of carbonyl (C=O) groups excluding carboxylic acids is 1. The molecule has 26 heavy (non-hydrogen) atoms. The molecule has 2 rings (SSSR count). The number of allylic oxidation sites excluding steroid dienone is 2. The van der Waals surface area contributed by atoms with Crippen molar-refractivity contribution in [3.05, 3.63) is 88.0 Å². The van der Waals surface area contributed by atoms with E-state index in [1.54, 1.807) is 6.08 Å². The van der Waals surface area contributed by atoms with Crippen LogP contribution in [0, 0.1) is 19.3 Å². The molecular formula is C23H24ClFO. The van der Waals surface area contributed by atoms with Crippen molar-refractivity contribution >= 4 is 23.7 Å². The van der Waals surface area contributed by atoms with Gasteiger partial charge in [-0.05, 0) is 48.1 Å². The molecule has 2 aromatic rings. The second-order valence-corrected chi connectivity index (χ2v) is 7.35. The molecule has 3 heteroatoms. The van der Waals surface area contributed by atoms with E-state index in [0.29, 0.717) is 11.4 Å². The van der Waals surface area contributed by atoms with Crippen LogP contribution in [0.4, 0.5) is 4.39 Å². The number of carbonyl (C=O) groups is 1. The predicted molar refractivity (Wildman–Crippen MR) is 108 cm³/mol. The van der Waals surface area contributed by atoms with Gasteiger partial charge in [-0.25, -0.2) is 0 Å². The zero-order valence-corrected chi connectivity index (χ0v) is 16.2. The van der Waals surface area contributed by atoms with Crippen molar-refractivity contribution < 1.29 is 9.18 Å². The Balaban J connectivity index is 2.51. The number of hydrogen-bond donors (Lipinski definition) is 0. The maximum Gasteiger partial charge on any atom is 0.302 e. The van der Waals surface area contributed by atoms with Gasteiger partial charge in [-0.15, -0.1) is 0 Å². The van der Waals surface area contributed by atoms with Crippen LogP contribution in [0.1, 0.15) is 35.6 Å². The first-order chi connectivity index (χ1) is 12.3. The second-order valence-electron chi connectivity index (χ2n) is 6.97. The average Bonchev–Trinajstić information content (AvgIpc) is 2.59. The molecule has 136 valence electrons. The molecule has 0 heterocycles. The number of hydrogen-bond acceptors (Lipinski definition) is 1. The molecular weight excluding hydrogens is 347 g/mol. The molecule has 0 aromatic heterocycles. The Morgan fingerprint density at radius 2 is 1.85 bits per heavy atom. The third-order valence-corrected chi connectivity index (χ3v) is 5.40. The summed E-state index contributed by atoms with van der Waals surface area (Å²) in [5.74, 6) is 0. The van der Waals surface area contributed by atoms with E-state index in [-0.39, 0.29) is 6.42 Å². The maximum absolute atomic E-state index is 13.4. The Labute approximate surface area is 160 Å². The van der Waals surface area contributed by atoms with E-state index in [0.717, 1.165) is 27.8 Å². The molecule has 0 bridgehead atoms.